The fourth-order valence-electron chi connectivity index (χ4n) is 1.74. The Kier molecular flexibility index (Phi) is 4.34. The largest absolute Gasteiger partial charge is 0.330 e. The molecular formula is C11H20BrN3. The van der Waals surface area contributed by atoms with E-state index >= 15 is 0 Å². The van der Waals surface area contributed by atoms with E-state index in [4.69, 9.17) is 5.73 Å². The van der Waals surface area contributed by atoms with Crippen LogP contribution < -0.4 is 5.73 Å². The average Bonchev–Trinajstić information content (AvgIpc) is 2.39. The van der Waals surface area contributed by atoms with Crippen LogP contribution in [-0.4, -0.2) is 16.3 Å². The predicted octanol–water partition coefficient (Wildman–Crippen LogP) is 2.26. The van der Waals surface area contributed by atoms with Gasteiger partial charge in [-0.25, -0.2) is 0 Å². The van der Waals surface area contributed by atoms with Crippen molar-refractivity contribution in [3.05, 3.63) is 15.9 Å². The van der Waals surface area contributed by atoms with Crippen LogP contribution in [0.15, 0.2) is 4.47 Å². The molecule has 0 fully saturated rings. The third kappa shape index (κ3) is 2.82. The van der Waals surface area contributed by atoms with E-state index in [2.05, 4.69) is 34.9 Å². The molecule has 4 heteroatoms. The van der Waals surface area contributed by atoms with Crippen molar-refractivity contribution in [2.24, 2.45) is 24.6 Å². The Morgan fingerprint density at radius 3 is 2.40 bits per heavy atom. The normalized spacial score (nSPS) is 13.5. The molecule has 1 aromatic heterocycles. The van der Waals surface area contributed by atoms with E-state index in [0.29, 0.717) is 11.8 Å². The van der Waals surface area contributed by atoms with E-state index in [0.717, 1.165) is 23.1 Å². The van der Waals surface area contributed by atoms with Crippen molar-refractivity contribution in [2.75, 3.05) is 6.54 Å². The van der Waals surface area contributed by atoms with Crippen LogP contribution in [0, 0.1) is 18.8 Å². The van der Waals surface area contributed by atoms with Gasteiger partial charge >= 0.3 is 0 Å². The number of hydrogen-bond donors (Lipinski definition) is 1. The molecule has 1 heterocycles. The van der Waals surface area contributed by atoms with Gasteiger partial charge in [0.05, 0.1) is 15.9 Å². The third-order valence-corrected chi connectivity index (χ3v) is 3.99. The Bertz CT molecular complexity index is 331. The van der Waals surface area contributed by atoms with Crippen LogP contribution in [0.2, 0.25) is 0 Å². The fraction of sp³-hybridized carbons (Fsp3) is 0.727. The SMILES string of the molecule is Cc1nn(C)c(CC(CN)C(C)C)c1Br. The van der Waals surface area contributed by atoms with E-state index in [1.807, 2.05) is 18.7 Å². The molecule has 2 N–H and O–H groups in total. The van der Waals surface area contributed by atoms with E-state index in [-0.39, 0.29) is 0 Å². The Morgan fingerprint density at radius 2 is 2.07 bits per heavy atom. The summed E-state index contributed by atoms with van der Waals surface area (Å²) < 4.78 is 3.08. The second-order valence-corrected chi connectivity index (χ2v) is 5.21. The van der Waals surface area contributed by atoms with Gasteiger partial charge in [0.2, 0.25) is 0 Å². The molecule has 0 aliphatic rings. The quantitative estimate of drug-likeness (QED) is 0.915. The molecule has 1 aromatic rings. The molecule has 3 nitrogen and oxygen atoms in total. The molecule has 0 aliphatic carbocycles. The van der Waals surface area contributed by atoms with Crippen LogP contribution in [0.3, 0.4) is 0 Å². The van der Waals surface area contributed by atoms with Crippen molar-refractivity contribution in [1.82, 2.24) is 9.78 Å². The highest BCUT2D eigenvalue weighted by molar-refractivity contribution is 9.10. The van der Waals surface area contributed by atoms with E-state index in [1.165, 1.54) is 5.69 Å². The number of aryl methyl sites for hydroxylation is 2. The summed E-state index contributed by atoms with van der Waals surface area (Å²) in [6.07, 6.45) is 0.992. The molecule has 0 spiro atoms. The first-order valence-electron chi connectivity index (χ1n) is 5.35. The lowest BCUT2D eigenvalue weighted by Crippen LogP contribution is -2.23. The van der Waals surface area contributed by atoms with Crippen molar-refractivity contribution in [2.45, 2.75) is 27.2 Å². The summed E-state index contributed by atoms with van der Waals surface area (Å²) >= 11 is 3.58. The zero-order chi connectivity index (χ0) is 11.6. The molecule has 1 unspecified atom stereocenters. The monoisotopic (exact) mass is 273 g/mol. The first-order chi connectivity index (χ1) is 6.97. The van der Waals surface area contributed by atoms with Crippen LogP contribution in [0.4, 0.5) is 0 Å². The number of hydrogen-bond acceptors (Lipinski definition) is 2. The molecule has 1 atom stereocenters. The van der Waals surface area contributed by atoms with Crippen LogP contribution in [-0.2, 0) is 13.5 Å². The fourth-order valence-corrected chi connectivity index (χ4v) is 2.24. The lowest BCUT2D eigenvalue weighted by atomic mass is 9.91. The molecule has 0 radical (unpaired) electrons. The first kappa shape index (κ1) is 12.7. The zero-order valence-electron chi connectivity index (χ0n) is 9.92. The maximum absolute atomic E-state index is 5.78. The molecule has 0 aliphatic heterocycles. The Hall–Kier alpha value is -0.350. The summed E-state index contributed by atoms with van der Waals surface area (Å²) in [6.45, 7) is 7.18. The zero-order valence-corrected chi connectivity index (χ0v) is 11.5. The molecule has 0 bridgehead atoms. The smallest absolute Gasteiger partial charge is 0.0738 e. The van der Waals surface area contributed by atoms with E-state index in [9.17, 15) is 0 Å². The topological polar surface area (TPSA) is 43.8 Å². The average molecular weight is 274 g/mol. The van der Waals surface area contributed by atoms with Gasteiger partial charge in [0, 0.05) is 7.05 Å². The maximum Gasteiger partial charge on any atom is 0.0738 e. The Morgan fingerprint density at radius 1 is 1.47 bits per heavy atom. The summed E-state index contributed by atoms with van der Waals surface area (Å²) in [5, 5.41) is 4.39. The number of halogens is 1. The minimum atomic E-state index is 0.524. The Balaban J connectivity index is 2.88. The molecule has 1 rings (SSSR count). The molecule has 0 saturated heterocycles. The number of nitrogens with zero attached hydrogens (tertiary/aromatic N) is 2. The standard InChI is InChI=1S/C11H20BrN3/c1-7(2)9(6-13)5-10-11(12)8(3)14-15(10)4/h7,9H,5-6,13H2,1-4H3. The van der Waals surface area contributed by atoms with E-state index in [1.54, 1.807) is 0 Å². The second-order valence-electron chi connectivity index (χ2n) is 4.41. The highest BCUT2D eigenvalue weighted by Crippen LogP contribution is 2.25. The Labute approximate surface area is 100 Å². The highest BCUT2D eigenvalue weighted by Gasteiger charge is 2.18. The van der Waals surface area contributed by atoms with Gasteiger partial charge in [-0.05, 0) is 47.7 Å². The predicted molar refractivity (Wildman–Crippen MR) is 66.7 cm³/mol. The van der Waals surface area contributed by atoms with Crippen LogP contribution in [0.1, 0.15) is 25.2 Å². The number of rotatable bonds is 4. The molecule has 0 aromatic carbocycles. The minimum absolute atomic E-state index is 0.524. The van der Waals surface area contributed by atoms with Crippen LogP contribution >= 0.6 is 15.9 Å². The third-order valence-electron chi connectivity index (χ3n) is 2.96. The van der Waals surface area contributed by atoms with Crippen LogP contribution in [0.5, 0.6) is 0 Å². The van der Waals surface area contributed by atoms with Gasteiger partial charge in [0.15, 0.2) is 0 Å². The summed E-state index contributed by atoms with van der Waals surface area (Å²) in [4.78, 5) is 0. The molecule has 0 saturated carbocycles. The number of aromatic nitrogens is 2. The lowest BCUT2D eigenvalue weighted by Gasteiger charge is -2.18. The highest BCUT2D eigenvalue weighted by atomic mass is 79.9. The lowest BCUT2D eigenvalue weighted by molar-refractivity contribution is 0.382. The molecule has 0 amide bonds. The van der Waals surface area contributed by atoms with E-state index < -0.39 is 0 Å². The van der Waals surface area contributed by atoms with Gasteiger partial charge in [0.1, 0.15) is 0 Å². The van der Waals surface area contributed by atoms with Crippen molar-refractivity contribution in [3.8, 4) is 0 Å². The molecule has 15 heavy (non-hydrogen) atoms. The summed E-state index contributed by atoms with van der Waals surface area (Å²) in [6, 6.07) is 0. The second kappa shape index (κ2) is 5.12. The van der Waals surface area contributed by atoms with Crippen molar-refractivity contribution >= 4 is 15.9 Å². The van der Waals surface area contributed by atoms with Crippen molar-refractivity contribution in [1.29, 1.82) is 0 Å². The van der Waals surface area contributed by atoms with Crippen LogP contribution in [0.25, 0.3) is 0 Å². The van der Waals surface area contributed by atoms with Gasteiger partial charge in [-0.3, -0.25) is 4.68 Å². The van der Waals surface area contributed by atoms with Gasteiger partial charge < -0.3 is 5.73 Å². The summed E-state index contributed by atoms with van der Waals surface area (Å²) in [5.41, 5.74) is 8.08. The number of nitrogens with two attached hydrogens (primary N) is 1. The van der Waals surface area contributed by atoms with Gasteiger partial charge in [-0.15, -0.1) is 0 Å². The van der Waals surface area contributed by atoms with Gasteiger partial charge in [-0.1, -0.05) is 13.8 Å². The van der Waals surface area contributed by atoms with Crippen molar-refractivity contribution < 1.29 is 0 Å². The molecular weight excluding hydrogens is 254 g/mol. The minimum Gasteiger partial charge on any atom is -0.330 e. The maximum atomic E-state index is 5.78. The van der Waals surface area contributed by atoms with Crippen molar-refractivity contribution in [3.63, 3.8) is 0 Å². The summed E-state index contributed by atoms with van der Waals surface area (Å²) in [5.74, 6) is 1.13. The summed E-state index contributed by atoms with van der Waals surface area (Å²) in [7, 11) is 1.99. The molecule has 86 valence electrons. The first-order valence-corrected chi connectivity index (χ1v) is 6.14. The van der Waals surface area contributed by atoms with Gasteiger partial charge in [-0.2, -0.15) is 5.10 Å². The van der Waals surface area contributed by atoms with Gasteiger partial charge in [0.25, 0.3) is 0 Å².